The monoisotopic (exact) mass is 203 g/mol. The van der Waals surface area contributed by atoms with E-state index in [0.29, 0.717) is 6.42 Å². The molecule has 0 aliphatic heterocycles. The molecule has 2 heteroatoms. The number of anilines is 1. The van der Waals surface area contributed by atoms with Crippen molar-refractivity contribution in [1.29, 1.82) is 0 Å². The number of aryl methyl sites for hydroxylation is 1. The van der Waals surface area contributed by atoms with Crippen LogP contribution >= 0.6 is 0 Å². The summed E-state index contributed by atoms with van der Waals surface area (Å²) in [5.41, 5.74) is 3.10. The highest BCUT2D eigenvalue weighted by atomic mass is 16.1. The lowest BCUT2D eigenvalue weighted by molar-refractivity contribution is -0.116. The van der Waals surface area contributed by atoms with E-state index < -0.39 is 0 Å². The summed E-state index contributed by atoms with van der Waals surface area (Å²) in [6.45, 7) is 7.53. The second-order valence-electron chi connectivity index (χ2n) is 3.84. The van der Waals surface area contributed by atoms with Gasteiger partial charge in [-0.1, -0.05) is 18.7 Å². The zero-order valence-corrected chi connectivity index (χ0v) is 9.58. The quantitative estimate of drug-likeness (QED) is 0.750. The van der Waals surface area contributed by atoms with Crippen molar-refractivity contribution in [2.45, 2.75) is 20.3 Å². The van der Waals surface area contributed by atoms with Crippen molar-refractivity contribution in [3.05, 3.63) is 42.1 Å². The second-order valence-corrected chi connectivity index (χ2v) is 3.84. The van der Waals surface area contributed by atoms with Crippen LogP contribution in [0.1, 0.15) is 18.9 Å². The molecule has 0 saturated carbocycles. The Balaban J connectivity index is 2.80. The summed E-state index contributed by atoms with van der Waals surface area (Å²) < 4.78 is 0. The Morgan fingerprint density at radius 2 is 2.13 bits per heavy atom. The molecule has 1 rings (SSSR count). The van der Waals surface area contributed by atoms with Crippen LogP contribution in [0.15, 0.2) is 36.5 Å². The molecule has 0 N–H and O–H groups in total. The van der Waals surface area contributed by atoms with E-state index in [4.69, 9.17) is 0 Å². The zero-order valence-electron chi connectivity index (χ0n) is 9.58. The third-order valence-corrected chi connectivity index (χ3v) is 2.32. The highest BCUT2D eigenvalue weighted by Gasteiger charge is 2.06. The molecule has 0 aliphatic rings. The lowest BCUT2D eigenvalue weighted by atomic mass is 10.2. The molecule has 0 unspecified atom stereocenters. The summed E-state index contributed by atoms with van der Waals surface area (Å²) >= 11 is 0. The molecule has 0 fully saturated rings. The summed E-state index contributed by atoms with van der Waals surface area (Å²) in [7, 11) is 1.93. The summed E-state index contributed by atoms with van der Waals surface area (Å²) in [5, 5.41) is 0. The number of Topliss-reactive ketones (excluding diaryl/α,β-unsaturated/α-hetero) is 1. The Hall–Kier alpha value is -1.57. The maximum atomic E-state index is 11.0. The number of carbonyl (C=O) groups is 1. The lowest BCUT2D eigenvalue weighted by Crippen LogP contribution is -2.17. The van der Waals surface area contributed by atoms with Gasteiger partial charge in [-0.3, -0.25) is 4.79 Å². The van der Waals surface area contributed by atoms with Gasteiger partial charge in [-0.05, 0) is 31.5 Å². The second kappa shape index (κ2) is 4.78. The normalized spacial score (nSPS) is 9.80. The maximum absolute atomic E-state index is 11.0. The van der Waals surface area contributed by atoms with Crippen molar-refractivity contribution < 1.29 is 4.79 Å². The van der Waals surface area contributed by atoms with Crippen LogP contribution in [0.2, 0.25) is 0 Å². The number of hydrogen-bond donors (Lipinski definition) is 0. The summed E-state index contributed by atoms with van der Waals surface area (Å²) in [4.78, 5) is 12.9. The van der Waals surface area contributed by atoms with E-state index in [9.17, 15) is 4.79 Å². The molecule has 2 nitrogen and oxygen atoms in total. The van der Waals surface area contributed by atoms with Gasteiger partial charge < -0.3 is 4.90 Å². The molecule has 15 heavy (non-hydrogen) atoms. The summed E-state index contributed by atoms with van der Waals surface area (Å²) in [6.07, 6.45) is 0.407. The predicted molar refractivity (Wildman–Crippen MR) is 64.0 cm³/mol. The van der Waals surface area contributed by atoms with Crippen LogP contribution in [-0.4, -0.2) is 12.8 Å². The molecule has 0 amide bonds. The Labute approximate surface area is 91.2 Å². The number of hydrogen-bond acceptors (Lipinski definition) is 2. The number of rotatable bonds is 4. The van der Waals surface area contributed by atoms with Gasteiger partial charge >= 0.3 is 0 Å². The molecule has 0 spiro atoms. The fourth-order valence-electron chi connectivity index (χ4n) is 1.43. The van der Waals surface area contributed by atoms with Crippen molar-refractivity contribution in [2.75, 3.05) is 11.9 Å². The van der Waals surface area contributed by atoms with Gasteiger partial charge in [0.25, 0.3) is 0 Å². The zero-order chi connectivity index (χ0) is 11.4. The third kappa shape index (κ3) is 3.24. The van der Waals surface area contributed by atoms with Gasteiger partial charge in [-0.2, -0.15) is 0 Å². The third-order valence-electron chi connectivity index (χ3n) is 2.32. The van der Waals surface area contributed by atoms with Crippen LogP contribution in [0.3, 0.4) is 0 Å². The van der Waals surface area contributed by atoms with E-state index >= 15 is 0 Å². The highest BCUT2D eigenvalue weighted by molar-refractivity contribution is 5.79. The molecule has 1 aromatic rings. The van der Waals surface area contributed by atoms with E-state index in [2.05, 4.69) is 12.6 Å². The van der Waals surface area contributed by atoms with E-state index in [0.717, 1.165) is 11.4 Å². The molecule has 0 aliphatic carbocycles. The van der Waals surface area contributed by atoms with Crippen LogP contribution in [-0.2, 0) is 4.79 Å². The molecule has 1 aromatic carbocycles. The van der Waals surface area contributed by atoms with Crippen LogP contribution in [0.4, 0.5) is 5.69 Å². The SMILES string of the molecule is C=C(CC(C)=O)N(C)c1cccc(C)c1. The van der Waals surface area contributed by atoms with Gasteiger partial charge in [0.2, 0.25) is 0 Å². The molecule has 0 saturated heterocycles. The average molecular weight is 203 g/mol. The van der Waals surface area contributed by atoms with Gasteiger partial charge in [-0.25, -0.2) is 0 Å². The predicted octanol–water partition coefficient (Wildman–Crippen LogP) is 2.92. The minimum Gasteiger partial charge on any atom is -0.348 e. The first kappa shape index (κ1) is 11.5. The molecule has 0 heterocycles. The molecule has 0 bridgehead atoms. The minimum absolute atomic E-state index is 0.138. The lowest BCUT2D eigenvalue weighted by Gasteiger charge is -2.21. The van der Waals surface area contributed by atoms with E-state index in [1.54, 1.807) is 6.92 Å². The van der Waals surface area contributed by atoms with Crippen molar-refractivity contribution in [3.8, 4) is 0 Å². The first-order valence-electron chi connectivity index (χ1n) is 4.98. The van der Waals surface area contributed by atoms with Crippen LogP contribution < -0.4 is 4.90 Å². The molecule has 80 valence electrons. The Morgan fingerprint density at radius 3 is 2.67 bits per heavy atom. The van der Waals surface area contributed by atoms with Crippen LogP contribution in [0, 0.1) is 6.92 Å². The minimum atomic E-state index is 0.138. The summed E-state index contributed by atoms with van der Waals surface area (Å²) in [5.74, 6) is 0.138. The fourth-order valence-corrected chi connectivity index (χ4v) is 1.43. The van der Waals surface area contributed by atoms with Crippen LogP contribution in [0.5, 0.6) is 0 Å². The van der Waals surface area contributed by atoms with E-state index in [-0.39, 0.29) is 5.78 Å². The summed E-state index contributed by atoms with van der Waals surface area (Å²) in [6, 6.07) is 8.14. The molecule has 0 atom stereocenters. The topological polar surface area (TPSA) is 20.3 Å². The Kier molecular flexibility index (Phi) is 3.67. The van der Waals surface area contributed by atoms with Crippen molar-refractivity contribution in [3.63, 3.8) is 0 Å². The number of benzene rings is 1. The fraction of sp³-hybridized carbons (Fsp3) is 0.308. The molecule has 0 aromatic heterocycles. The van der Waals surface area contributed by atoms with Crippen LogP contribution in [0.25, 0.3) is 0 Å². The smallest absolute Gasteiger partial charge is 0.135 e. The molecular weight excluding hydrogens is 186 g/mol. The van der Waals surface area contributed by atoms with E-state index in [1.165, 1.54) is 5.56 Å². The molecule has 0 radical (unpaired) electrons. The van der Waals surface area contributed by atoms with Gasteiger partial charge in [0, 0.05) is 24.9 Å². The maximum Gasteiger partial charge on any atom is 0.135 e. The van der Waals surface area contributed by atoms with Gasteiger partial charge in [0.1, 0.15) is 5.78 Å². The number of nitrogens with zero attached hydrogens (tertiary/aromatic N) is 1. The number of carbonyl (C=O) groups excluding carboxylic acids is 1. The first-order chi connectivity index (χ1) is 7.00. The van der Waals surface area contributed by atoms with Crippen molar-refractivity contribution in [1.82, 2.24) is 0 Å². The highest BCUT2D eigenvalue weighted by Crippen LogP contribution is 2.19. The Morgan fingerprint density at radius 1 is 1.47 bits per heavy atom. The van der Waals surface area contributed by atoms with Gasteiger partial charge in [0.15, 0.2) is 0 Å². The van der Waals surface area contributed by atoms with Crippen molar-refractivity contribution in [2.24, 2.45) is 0 Å². The molecular formula is C13H17NO. The van der Waals surface area contributed by atoms with Crippen molar-refractivity contribution >= 4 is 11.5 Å². The first-order valence-corrected chi connectivity index (χ1v) is 4.98. The van der Waals surface area contributed by atoms with Gasteiger partial charge in [-0.15, -0.1) is 0 Å². The number of allylic oxidation sites excluding steroid dienone is 1. The number of ketones is 1. The Bertz CT molecular complexity index is 382. The van der Waals surface area contributed by atoms with Gasteiger partial charge in [0.05, 0.1) is 0 Å². The largest absolute Gasteiger partial charge is 0.348 e. The average Bonchev–Trinajstić information content (AvgIpc) is 2.15. The van der Waals surface area contributed by atoms with E-state index in [1.807, 2.05) is 37.1 Å². The standard InChI is InChI=1S/C13H17NO/c1-10-6-5-7-13(8-10)14(4)11(2)9-12(3)15/h5-8H,2,9H2,1,3-4H3.